The van der Waals surface area contributed by atoms with Gasteiger partial charge in [-0.3, -0.25) is 19.8 Å². The highest BCUT2D eigenvalue weighted by atomic mass is 32.2. The van der Waals surface area contributed by atoms with Gasteiger partial charge in [0, 0.05) is 56.9 Å². The van der Waals surface area contributed by atoms with Crippen LogP contribution in [0.5, 0.6) is 11.5 Å². The van der Waals surface area contributed by atoms with Crippen molar-refractivity contribution in [3.8, 4) is 11.5 Å². The number of para-hydroxylation sites is 1. The van der Waals surface area contributed by atoms with Crippen molar-refractivity contribution in [2.45, 2.75) is 64.5 Å². The van der Waals surface area contributed by atoms with Gasteiger partial charge in [-0.25, -0.2) is 18.1 Å². The van der Waals surface area contributed by atoms with Gasteiger partial charge in [0.15, 0.2) is 5.75 Å². The summed E-state index contributed by atoms with van der Waals surface area (Å²) in [5, 5.41) is 15.9. The molecular formula is C47H55F3N8O6S. The number of piperazine rings is 1. The lowest BCUT2D eigenvalue weighted by Crippen LogP contribution is -2.47. The van der Waals surface area contributed by atoms with Crippen LogP contribution < -0.4 is 19.7 Å². The second kappa shape index (κ2) is 19.6. The number of nitro benzene ring substituents is 1. The molecule has 0 unspecified atom stereocenters. The van der Waals surface area contributed by atoms with Crippen LogP contribution in [0.15, 0.2) is 95.7 Å². The minimum atomic E-state index is -4.62. The van der Waals surface area contributed by atoms with E-state index in [-0.39, 0.29) is 22.4 Å². The van der Waals surface area contributed by atoms with Crippen molar-refractivity contribution in [2.75, 3.05) is 69.1 Å². The van der Waals surface area contributed by atoms with Crippen molar-refractivity contribution in [2.24, 2.45) is 5.41 Å². The normalized spacial score (nSPS) is 16.0. The van der Waals surface area contributed by atoms with Crippen LogP contribution in [0.4, 0.5) is 30.2 Å². The Labute approximate surface area is 377 Å². The molecule has 1 amide bonds. The molecule has 3 N–H and O–H groups in total. The number of aromatic nitrogens is 2. The van der Waals surface area contributed by atoms with Crippen molar-refractivity contribution < 1.29 is 36.0 Å². The van der Waals surface area contributed by atoms with Crippen molar-refractivity contribution in [3.63, 3.8) is 0 Å². The average molecular weight is 917 g/mol. The molecule has 0 radical (unpaired) electrons. The Morgan fingerprint density at radius 1 is 1.02 bits per heavy atom. The number of alkyl halides is 3. The van der Waals surface area contributed by atoms with Crippen LogP contribution in [0.3, 0.4) is 0 Å². The summed E-state index contributed by atoms with van der Waals surface area (Å²) >= 11 is 0. The molecule has 65 heavy (non-hydrogen) atoms. The summed E-state index contributed by atoms with van der Waals surface area (Å²) in [4.78, 5) is 39.2. The lowest BCUT2D eigenvalue weighted by atomic mass is 9.72. The Hall–Kier alpha value is -5.98. The molecule has 18 heteroatoms. The zero-order valence-electron chi connectivity index (χ0n) is 37.0. The first kappa shape index (κ1) is 47.0. The first-order chi connectivity index (χ1) is 30.9. The third kappa shape index (κ3) is 11.3. The number of sulfonamides is 1. The van der Waals surface area contributed by atoms with Gasteiger partial charge in [-0.1, -0.05) is 51.5 Å². The lowest BCUT2D eigenvalue weighted by Gasteiger charge is -2.39. The minimum absolute atomic E-state index is 0.000658. The van der Waals surface area contributed by atoms with Gasteiger partial charge in [-0.2, -0.15) is 13.2 Å². The van der Waals surface area contributed by atoms with Gasteiger partial charge < -0.3 is 24.8 Å². The number of hydrogen-bond donors (Lipinski definition) is 3. The topological polar surface area (TPSA) is 166 Å². The summed E-state index contributed by atoms with van der Waals surface area (Å²) in [6.07, 6.45) is 2.06. The summed E-state index contributed by atoms with van der Waals surface area (Å²) in [6, 6.07) is 17.4. The van der Waals surface area contributed by atoms with Crippen molar-refractivity contribution >= 4 is 49.6 Å². The number of nitrogens with zero attached hydrogens (tertiary/aromatic N) is 5. The maximum atomic E-state index is 14.1. The molecule has 1 aliphatic carbocycles. The Bertz CT molecular complexity index is 2660. The van der Waals surface area contributed by atoms with Gasteiger partial charge in [0.1, 0.15) is 17.1 Å². The lowest BCUT2D eigenvalue weighted by molar-refractivity contribution is -0.384. The van der Waals surface area contributed by atoms with Crippen LogP contribution in [0, 0.1) is 15.5 Å². The van der Waals surface area contributed by atoms with Crippen LogP contribution in [-0.4, -0.2) is 97.9 Å². The third-order valence-corrected chi connectivity index (χ3v) is 13.6. The largest absolute Gasteiger partial charge is 0.453 e. The highest BCUT2D eigenvalue weighted by molar-refractivity contribution is 7.90. The van der Waals surface area contributed by atoms with E-state index >= 15 is 0 Å². The van der Waals surface area contributed by atoms with Crippen LogP contribution in [0.2, 0.25) is 0 Å². The monoisotopic (exact) mass is 916 g/mol. The van der Waals surface area contributed by atoms with Crippen LogP contribution >= 0.6 is 0 Å². The Balaban J connectivity index is 1.12. The summed E-state index contributed by atoms with van der Waals surface area (Å²) in [6.45, 7) is 14.4. The molecular weight excluding hydrogens is 862 g/mol. The number of benzene rings is 3. The predicted octanol–water partition coefficient (Wildman–Crippen LogP) is 9.33. The number of nitro groups is 1. The summed E-state index contributed by atoms with van der Waals surface area (Å²) in [5.74, 6) is -0.596. The number of allylic oxidation sites excluding steroid dienone is 1. The highest BCUT2D eigenvalue weighted by Crippen LogP contribution is 2.44. The number of fused-ring (bicyclic) bond motifs is 1. The molecule has 1 fully saturated rings. The number of halogens is 3. The van der Waals surface area contributed by atoms with E-state index in [1.807, 2.05) is 6.07 Å². The van der Waals surface area contributed by atoms with E-state index in [0.29, 0.717) is 56.4 Å². The molecule has 346 valence electrons. The molecule has 1 saturated heterocycles. The van der Waals surface area contributed by atoms with Gasteiger partial charge in [0.25, 0.3) is 21.6 Å². The Morgan fingerprint density at radius 2 is 1.75 bits per heavy atom. The van der Waals surface area contributed by atoms with Gasteiger partial charge in [-0.15, -0.1) is 0 Å². The van der Waals surface area contributed by atoms with Crippen LogP contribution in [0.1, 0.15) is 74.9 Å². The van der Waals surface area contributed by atoms with Crippen LogP contribution in [0.25, 0.3) is 16.6 Å². The van der Waals surface area contributed by atoms with Crippen molar-refractivity contribution in [1.29, 1.82) is 0 Å². The average Bonchev–Trinajstić information content (AvgIpc) is 3.75. The van der Waals surface area contributed by atoms with E-state index in [0.717, 1.165) is 80.0 Å². The number of pyridine rings is 1. The highest BCUT2D eigenvalue weighted by Gasteiger charge is 2.33. The van der Waals surface area contributed by atoms with Gasteiger partial charge >= 0.3 is 6.18 Å². The molecule has 1 aliphatic heterocycles. The number of amides is 1. The Kier molecular flexibility index (Phi) is 14.2. The molecule has 0 spiro atoms. The van der Waals surface area contributed by atoms with Gasteiger partial charge in [0.05, 0.1) is 32.8 Å². The molecule has 7 rings (SSSR count). The zero-order valence-corrected chi connectivity index (χ0v) is 37.8. The molecule has 0 saturated carbocycles. The number of rotatable bonds is 17. The number of H-pyrrole nitrogens is 1. The maximum Gasteiger partial charge on any atom is 0.416 e. The number of ether oxygens (including phenoxy) is 1. The molecule has 2 aromatic heterocycles. The molecule has 5 aromatic rings. The minimum Gasteiger partial charge on any atom is -0.453 e. The summed E-state index contributed by atoms with van der Waals surface area (Å²) in [5.41, 5.74) is 3.21. The van der Waals surface area contributed by atoms with E-state index < -0.39 is 43.2 Å². The first-order valence-electron chi connectivity index (χ1n) is 21.9. The fraction of sp³-hybridized carbons (Fsp3) is 0.404. The summed E-state index contributed by atoms with van der Waals surface area (Å²) < 4.78 is 76.3. The second-order valence-corrected chi connectivity index (χ2v) is 19.0. The first-order valence-corrected chi connectivity index (χ1v) is 23.3. The number of carbonyl (C=O) groups is 1. The fourth-order valence-electron chi connectivity index (χ4n) is 8.52. The molecule has 2 aliphatic rings. The Morgan fingerprint density at radius 3 is 2.45 bits per heavy atom. The zero-order chi connectivity index (χ0) is 46.5. The molecule has 0 atom stereocenters. The third-order valence-electron chi connectivity index (χ3n) is 12.3. The quantitative estimate of drug-likeness (QED) is 0.0462. The fourth-order valence-corrected chi connectivity index (χ4v) is 9.51. The number of carbonyl (C=O) groups excluding carboxylic acids is 1. The number of hydrogen-bond acceptors (Lipinski definition) is 11. The van der Waals surface area contributed by atoms with Crippen LogP contribution in [-0.2, 0) is 16.2 Å². The summed E-state index contributed by atoms with van der Waals surface area (Å²) in [7, 11) is -4.62. The maximum absolute atomic E-state index is 14.1. The van der Waals surface area contributed by atoms with Crippen molar-refractivity contribution in [1.82, 2.24) is 24.5 Å². The smallest absolute Gasteiger partial charge is 0.416 e. The SMILES string of the molecule is CCN(CC)CCCNc1ccc(S(=O)(=O)NC(=O)c2cccc(N3CCN(CC4=C(c5ccc(C(F)(F)F)cc5)CC(C)(C)CC4)CC3)c2Oc2cnc3[nH]ccc3c2)cc1[N+](=O)[O-]. The van der Waals surface area contributed by atoms with Gasteiger partial charge in [-0.05, 0) is 110 Å². The molecule has 0 bridgehead atoms. The molecule has 3 aromatic carbocycles. The van der Waals surface area contributed by atoms with E-state index in [1.54, 1.807) is 36.5 Å². The standard InChI is InChI=1S/C47H55F3N8O6S/c1-5-55(6-2)22-8-20-51-40-16-15-37(28-42(40)58(60)61)65(62,63)54-45(59)38-9-7-10-41(43(38)64-36-27-33-18-21-52-44(33)53-30-36)57-25-23-56(24-26-57)31-34-17-19-46(3,4)29-39(34)32-11-13-35(14-12-32)47(48,49)50/h7,9-16,18,21,27-28,30,51H,5-6,8,17,19-20,22-26,29,31H2,1-4H3,(H,52,53)(H,54,59). The molecule has 3 heterocycles. The second-order valence-electron chi connectivity index (χ2n) is 17.3. The van der Waals surface area contributed by atoms with E-state index in [2.05, 4.69) is 62.4 Å². The van der Waals surface area contributed by atoms with Gasteiger partial charge in [0.2, 0.25) is 0 Å². The van der Waals surface area contributed by atoms with E-state index in [1.165, 1.54) is 30.0 Å². The van der Waals surface area contributed by atoms with E-state index in [9.17, 15) is 36.5 Å². The predicted molar refractivity (Wildman–Crippen MR) is 246 cm³/mol. The van der Waals surface area contributed by atoms with Crippen molar-refractivity contribution in [3.05, 3.63) is 118 Å². The number of aromatic amines is 1. The number of nitrogens with one attached hydrogen (secondary N) is 3. The van der Waals surface area contributed by atoms with E-state index in [4.69, 9.17) is 4.74 Å². The number of anilines is 2. The molecule has 14 nitrogen and oxygen atoms in total.